The zero-order valence-electron chi connectivity index (χ0n) is 16.1. The molecule has 0 saturated heterocycles. The summed E-state index contributed by atoms with van der Waals surface area (Å²) in [6.45, 7) is -0.576. The summed E-state index contributed by atoms with van der Waals surface area (Å²) < 4.78 is 29.5. The van der Waals surface area contributed by atoms with Crippen molar-refractivity contribution < 1.29 is 13.9 Å². The molecular formula is C20H19ClF2N6O. The fourth-order valence-corrected chi connectivity index (χ4v) is 3.35. The maximum Gasteiger partial charge on any atom is 0.243 e. The largest absolute Gasteiger partial charge is 0.396 e. The number of benzene rings is 1. The van der Waals surface area contributed by atoms with Crippen molar-refractivity contribution >= 4 is 17.2 Å². The van der Waals surface area contributed by atoms with Gasteiger partial charge < -0.3 is 5.11 Å². The third kappa shape index (κ3) is 4.03. The summed E-state index contributed by atoms with van der Waals surface area (Å²) in [6.07, 6.45) is 3.03. The molecule has 0 bridgehead atoms. The number of aryl methyl sites for hydroxylation is 2. The average molecular weight is 433 g/mol. The van der Waals surface area contributed by atoms with Crippen molar-refractivity contribution in [1.82, 2.24) is 29.4 Å². The van der Waals surface area contributed by atoms with Crippen LogP contribution >= 0.6 is 11.6 Å². The minimum atomic E-state index is -2.59. The van der Waals surface area contributed by atoms with Crippen molar-refractivity contribution in [3.8, 4) is 22.5 Å². The molecule has 0 saturated carbocycles. The van der Waals surface area contributed by atoms with Gasteiger partial charge in [0.05, 0.1) is 18.5 Å². The Morgan fingerprint density at radius 2 is 1.87 bits per heavy atom. The molecule has 1 aromatic carbocycles. The van der Waals surface area contributed by atoms with Crippen LogP contribution in [0.3, 0.4) is 0 Å². The molecule has 0 aliphatic carbocycles. The van der Waals surface area contributed by atoms with E-state index in [9.17, 15) is 13.9 Å². The summed E-state index contributed by atoms with van der Waals surface area (Å²) >= 11 is 6.00. The quantitative estimate of drug-likeness (QED) is 0.482. The number of alkyl halides is 2. The Morgan fingerprint density at radius 3 is 2.50 bits per heavy atom. The van der Waals surface area contributed by atoms with Gasteiger partial charge in [-0.1, -0.05) is 23.7 Å². The maximum atomic E-state index is 13.0. The normalized spacial score (nSPS) is 12.7. The Balaban J connectivity index is 1.81. The number of aliphatic hydroxyl groups is 1. The van der Waals surface area contributed by atoms with Crippen molar-refractivity contribution in [2.45, 2.75) is 19.3 Å². The van der Waals surface area contributed by atoms with Crippen LogP contribution in [0.25, 0.3) is 28.2 Å². The predicted octanol–water partition coefficient (Wildman–Crippen LogP) is 3.65. The van der Waals surface area contributed by atoms with Crippen LogP contribution in [0.5, 0.6) is 0 Å². The van der Waals surface area contributed by atoms with Crippen LogP contribution in [0.1, 0.15) is 12.2 Å². The van der Waals surface area contributed by atoms with E-state index in [-0.39, 0.29) is 12.8 Å². The number of fused-ring (bicyclic) bond motifs is 1. The standard InChI is InChI=1S/C20H19ClF2N6O/c1-28-9-14(8-24-28)18-20-27-26-17(7-4-13(11-30)19(22)23)29(20)10-16(25-18)12-2-5-15(21)6-3-12/h2-3,5-6,8-10,13,19,30H,4,7,11H2,1H3/t13-/m1/s1. The van der Waals surface area contributed by atoms with E-state index in [1.54, 1.807) is 40.7 Å². The van der Waals surface area contributed by atoms with Gasteiger partial charge in [-0.2, -0.15) is 5.10 Å². The third-order valence-corrected chi connectivity index (χ3v) is 5.16. The van der Waals surface area contributed by atoms with Crippen LogP contribution in [-0.2, 0) is 13.5 Å². The predicted molar refractivity (Wildman–Crippen MR) is 108 cm³/mol. The lowest BCUT2D eigenvalue weighted by atomic mass is 10.0. The van der Waals surface area contributed by atoms with Gasteiger partial charge in [0.1, 0.15) is 11.5 Å². The van der Waals surface area contributed by atoms with Gasteiger partial charge in [0, 0.05) is 47.9 Å². The summed E-state index contributed by atoms with van der Waals surface area (Å²) in [4.78, 5) is 4.76. The molecule has 0 spiro atoms. The molecule has 3 aromatic heterocycles. The van der Waals surface area contributed by atoms with Gasteiger partial charge in [-0.3, -0.25) is 9.08 Å². The highest BCUT2D eigenvalue weighted by molar-refractivity contribution is 6.30. The maximum absolute atomic E-state index is 13.0. The van der Waals surface area contributed by atoms with Gasteiger partial charge in [-0.25, -0.2) is 13.8 Å². The molecule has 3 heterocycles. The minimum absolute atomic E-state index is 0.0930. The van der Waals surface area contributed by atoms with Crippen LogP contribution in [0.15, 0.2) is 42.9 Å². The molecule has 0 radical (unpaired) electrons. The molecule has 10 heteroatoms. The fraction of sp³-hybridized carbons (Fsp3) is 0.300. The van der Waals surface area contributed by atoms with Gasteiger partial charge in [0.2, 0.25) is 6.43 Å². The zero-order valence-corrected chi connectivity index (χ0v) is 16.8. The van der Waals surface area contributed by atoms with Crippen molar-refractivity contribution in [2.24, 2.45) is 13.0 Å². The molecule has 4 aromatic rings. The second-order valence-electron chi connectivity index (χ2n) is 7.01. The Hall–Kier alpha value is -2.91. The topological polar surface area (TPSA) is 81.1 Å². The molecule has 0 amide bonds. The van der Waals surface area contributed by atoms with Gasteiger partial charge in [-0.05, 0) is 18.6 Å². The highest BCUT2D eigenvalue weighted by Gasteiger charge is 2.22. The first kappa shape index (κ1) is 20.4. The van der Waals surface area contributed by atoms with E-state index < -0.39 is 19.0 Å². The first-order valence-corrected chi connectivity index (χ1v) is 9.72. The summed E-state index contributed by atoms with van der Waals surface area (Å²) in [5.74, 6) is -0.584. The van der Waals surface area contributed by atoms with Crippen molar-refractivity contribution in [2.75, 3.05) is 6.61 Å². The van der Waals surface area contributed by atoms with Crippen molar-refractivity contribution in [3.63, 3.8) is 0 Å². The molecule has 0 fully saturated rings. The SMILES string of the molecule is Cn1cc(-c2nc(-c3ccc(Cl)cc3)cn3c(CC[C@H](CO)C(F)F)nnc23)cn1. The van der Waals surface area contributed by atoms with Crippen LogP contribution in [0.4, 0.5) is 8.78 Å². The lowest BCUT2D eigenvalue weighted by molar-refractivity contribution is 0.0370. The van der Waals surface area contributed by atoms with Gasteiger partial charge >= 0.3 is 0 Å². The van der Waals surface area contributed by atoms with Crippen LogP contribution in [0.2, 0.25) is 5.02 Å². The lowest BCUT2D eigenvalue weighted by Crippen LogP contribution is -2.17. The van der Waals surface area contributed by atoms with Crippen molar-refractivity contribution in [3.05, 3.63) is 53.7 Å². The zero-order chi connectivity index (χ0) is 21.3. The molecule has 7 nitrogen and oxygen atoms in total. The summed E-state index contributed by atoms with van der Waals surface area (Å²) in [5, 5.41) is 22.5. The van der Waals surface area contributed by atoms with Crippen LogP contribution < -0.4 is 0 Å². The molecule has 1 atom stereocenters. The molecule has 0 aliphatic heterocycles. The number of hydrogen-bond acceptors (Lipinski definition) is 5. The number of aromatic nitrogens is 6. The van der Waals surface area contributed by atoms with Crippen LogP contribution in [-0.4, -0.2) is 47.5 Å². The van der Waals surface area contributed by atoms with Crippen molar-refractivity contribution in [1.29, 1.82) is 0 Å². The van der Waals surface area contributed by atoms with E-state index in [1.165, 1.54) is 0 Å². The molecular weight excluding hydrogens is 414 g/mol. The molecule has 156 valence electrons. The number of nitrogens with zero attached hydrogens (tertiary/aromatic N) is 6. The van der Waals surface area contributed by atoms with E-state index >= 15 is 0 Å². The third-order valence-electron chi connectivity index (χ3n) is 4.91. The highest BCUT2D eigenvalue weighted by atomic mass is 35.5. The van der Waals surface area contributed by atoms with E-state index in [0.29, 0.717) is 27.9 Å². The first-order valence-electron chi connectivity index (χ1n) is 9.35. The second-order valence-corrected chi connectivity index (χ2v) is 7.45. The van der Waals surface area contributed by atoms with E-state index in [1.807, 2.05) is 18.3 Å². The minimum Gasteiger partial charge on any atom is -0.396 e. The molecule has 0 aliphatic rings. The number of halogens is 3. The van der Waals surface area contributed by atoms with E-state index in [4.69, 9.17) is 16.6 Å². The summed E-state index contributed by atoms with van der Waals surface area (Å²) in [6, 6.07) is 7.25. The van der Waals surface area contributed by atoms with E-state index in [0.717, 1.165) is 11.1 Å². The smallest absolute Gasteiger partial charge is 0.243 e. The van der Waals surface area contributed by atoms with E-state index in [2.05, 4.69) is 15.3 Å². The lowest BCUT2D eigenvalue weighted by Gasteiger charge is -2.12. The van der Waals surface area contributed by atoms with Gasteiger partial charge in [0.25, 0.3) is 0 Å². The Morgan fingerprint density at radius 1 is 1.10 bits per heavy atom. The second kappa shape index (κ2) is 8.45. The summed E-state index contributed by atoms with van der Waals surface area (Å²) in [5.41, 5.74) is 3.35. The molecule has 0 unspecified atom stereocenters. The molecule has 1 N–H and O–H groups in total. The van der Waals surface area contributed by atoms with Crippen LogP contribution in [0, 0.1) is 5.92 Å². The number of aliphatic hydroxyl groups excluding tert-OH is 1. The summed E-state index contributed by atoms with van der Waals surface area (Å²) in [7, 11) is 1.80. The fourth-order valence-electron chi connectivity index (χ4n) is 3.22. The highest BCUT2D eigenvalue weighted by Crippen LogP contribution is 2.28. The Kier molecular flexibility index (Phi) is 5.74. The molecule has 30 heavy (non-hydrogen) atoms. The average Bonchev–Trinajstić information content (AvgIpc) is 3.34. The Labute approximate surface area is 176 Å². The molecule has 4 rings (SSSR count). The number of hydrogen-bond donors (Lipinski definition) is 1. The van der Waals surface area contributed by atoms with Gasteiger partial charge in [-0.15, -0.1) is 10.2 Å². The van der Waals surface area contributed by atoms with Gasteiger partial charge in [0.15, 0.2) is 5.65 Å². The number of rotatable bonds is 7. The Bertz CT molecular complexity index is 1160. The monoisotopic (exact) mass is 432 g/mol. The first-order chi connectivity index (χ1) is 14.5.